The summed E-state index contributed by atoms with van der Waals surface area (Å²) in [5.74, 6) is 0.373. The van der Waals surface area contributed by atoms with Crippen LogP contribution in [0.15, 0.2) is 29.9 Å². The highest BCUT2D eigenvalue weighted by Gasteiger charge is 2.15. The molecule has 0 bridgehead atoms. The van der Waals surface area contributed by atoms with Gasteiger partial charge in [0.25, 0.3) is 0 Å². The molecular weight excluding hydrogens is 377 g/mol. The average molecular weight is 389 g/mol. The highest BCUT2D eigenvalue weighted by atomic mass is 127. The fourth-order valence-corrected chi connectivity index (χ4v) is 3.16. The van der Waals surface area contributed by atoms with Crippen molar-refractivity contribution < 1.29 is 14.3 Å². The highest BCUT2D eigenvalue weighted by molar-refractivity contribution is 14.1. The van der Waals surface area contributed by atoms with Gasteiger partial charge in [0.1, 0.15) is 23.8 Å². The number of esters is 1. The van der Waals surface area contributed by atoms with E-state index in [2.05, 4.69) is 27.6 Å². The van der Waals surface area contributed by atoms with Crippen LogP contribution in [0, 0.1) is 10.5 Å². The lowest BCUT2D eigenvalue weighted by molar-refractivity contribution is 0.0454. The molecule has 2 aromatic heterocycles. The number of pyridine rings is 1. The van der Waals surface area contributed by atoms with Gasteiger partial charge in [-0.3, -0.25) is 4.98 Å². The van der Waals surface area contributed by atoms with Gasteiger partial charge in [-0.05, 0) is 52.6 Å². The van der Waals surface area contributed by atoms with Crippen molar-refractivity contribution in [1.82, 2.24) is 4.98 Å². The molecule has 0 N–H and O–H groups in total. The largest absolute Gasteiger partial charge is 0.488 e. The summed E-state index contributed by atoms with van der Waals surface area (Å²) in [6.45, 7) is 2.51. The number of hydrogen-bond acceptors (Lipinski definition) is 5. The van der Waals surface area contributed by atoms with Gasteiger partial charge in [0.15, 0.2) is 0 Å². The second kappa shape index (κ2) is 6.85. The first-order valence-corrected chi connectivity index (χ1v) is 7.58. The van der Waals surface area contributed by atoms with Gasteiger partial charge in [0, 0.05) is 9.77 Å². The van der Waals surface area contributed by atoms with Crippen molar-refractivity contribution >= 4 is 39.9 Å². The Kier molecular flexibility index (Phi) is 5.15. The van der Waals surface area contributed by atoms with Crippen molar-refractivity contribution in [3.63, 3.8) is 0 Å². The van der Waals surface area contributed by atoms with Crippen LogP contribution in [0.1, 0.15) is 15.2 Å². The number of ether oxygens (including phenoxy) is 2. The molecule has 0 unspecified atom stereocenters. The number of aryl methyl sites for hydroxylation is 1. The first kappa shape index (κ1) is 14.3. The second-order valence-electron chi connectivity index (χ2n) is 3.73. The molecular formula is C13H12INO3S. The van der Waals surface area contributed by atoms with E-state index in [0.717, 1.165) is 9.13 Å². The van der Waals surface area contributed by atoms with Crippen LogP contribution in [-0.4, -0.2) is 24.2 Å². The fraction of sp³-hybridized carbons (Fsp3) is 0.231. The summed E-state index contributed by atoms with van der Waals surface area (Å²) in [4.78, 5) is 16.4. The van der Waals surface area contributed by atoms with Gasteiger partial charge in [-0.1, -0.05) is 0 Å². The topological polar surface area (TPSA) is 48.4 Å². The van der Waals surface area contributed by atoms with Crippen molar-refractivity contribution in [2.24, 2.45) is 0 Å². The minimum Gasteiger partial charge on any atom is -0.488 e. The molecule has 2 rings (SSSR count). The molecule has 0 saturated carbocycles. The predicted molar refractivity (Wildman–Crippen MR) is 81.8 cm³/mol. The molecule has 0 aliphatic rings. The maximum atomic E-state index is 11.8. The Balaban J connectivity index is 1.77. The molecule has 0 amide bonds. The SMILES string of the molecule is Cc1csc(C(=O)OCCOc2cccnc2)c1I. The summed E-state index contributed by atoms with van der Waals surface area (Å²) in [6.07, 6.45) is 3.29. The summed E-state index contributed by atoms with van der Waals surface area (Å²) in [6, 6.07) is 3.60. The zero-order chi connectivity index (χ0) is 13.7. The molecule has 0 saturated heterocycles. The lowest BCUT2D eigenvalue weighted by atomic mass is 10.3. The zero-order valence-electron chi connectivity index (χ0n) is 10.3. The summed E-state index contributed by atoms with van der Waals surface area (Å²) in [5.41, 5.74) is 1.10. The van der Waals surface area contributed by atoms with E-state index in [1.807, 2.05) is 12.3 Å². The molecule has 0 aromatic carbocycles. The van der Waals surface area contributed by atoms with Crippen LogP contribution in [0.25, 0.3) is 0 Å². The van der Waals surface area contributed by atoms with Gasteiger partial charge < -0.3 is 9.47 Å². The van der Waals surface area contributed by atoms with E-state index in [0.29, 0.717) is 17.2 Å². The van der Waals surface area contributed by atoms with Gasteiger partial charge in [0.05, 0.1) is 6.20 Å². The Hall–Kier alpha value is -1.15. The third kappa shape index (κ3) is 3.90. The Morgan fingerprint density at radius 3 is 2.95 bits per heavy atom. The molecule has 2 heterocycles. The van der Waals surface area contributed by atoms with E-state index >= 15 is 0 Å². The fourth-order valence-electron chi connectivity index (χ4n) is 1.36. The van der Waals surface area contributed by atoms with Crippen LogP contribution in [-0.2, 0) is 4.74 Å². The molecule has 0 aliphatic heterocycles. The minimum absolute atomic E-state index is 0.223. The van der Waals surface area contributed by atoms with Gasteiger partial charge in [0.2, 0.25) is 0 Å². The molecule has 0 atom stereocenters. The number of thiophene rings is 1. The molecule has 0 aliphatic carbocycles. The Morgan fingerprint density at radius 1 is 1.47 bits per heavy atom. The maximum Gasteiger partial charge on any atom is 0.349 e. The molecule has 0 radical (unpaired) electrons. The van der Waals surface area contributed by atoms with Crippen molar-refractivity contribution in [3.8, 4) is 5.75 Å². The summed E-state index contributed by atoms with van der Waals surface area (Å²) < 4.78 is 11.5. The second-order valence-corrected chi connectivity index (χ2v) is 5.69. The van der Waals surface area contributed by atoms with Crippen LogP contribution in [0.4, 0.5) is 0 Å². The first-order chi connectivity index (χ1) is 9.18. The van der Waals surface area contributed by atoms with E-state index < -0.39 is 0 Å². The Bertz CT molecular complexity index is 556. The van der Waals surface area contributed by atoms with Crippen molar-refractivity contribution in [2.75, 3.05) is 13.2 Å². The number of nitrogens with zero attached hydrogens (tertiary/aromatic N) is 1. The first-order valence-electron chi connectivity index (χ1n) is 5.62. The molecule has 4 nitrogen and oxygen atoms in total. The zero-order valence-corrected chi connectivity index (χ0v) is 13.2. The Morgan fingerprint density at radius 2 is 2.32 bits per heavy atom. The normalized spacial score (nSPS) is 10.2. The van der Waals surface area contributed by atoms with E-state index in [1.54, 1.807) is 24.5 Å². The highest BCUT2D eigenvalue weighted by Crippen LogP contribution is 2.24. The van der Waals surface area contributed by atoms with E-state index in [4.69, 9.17) is 9.47 Å². The number of halogens is 1. The van der Waals surface area contributed by atoms with Crippen LogP contribution in [0.2, 0.25) is 0 Å². The molecule has 6 heteroatoms. The molecule has 100 valence electrons. The minimum atomic E-state index is -0.294. The summed E-state index contributed by atoms with van der Waals surface area (Å²) in [7, 11) is 0. The third-order valence-corrected chi connectivity index (χ3v) is 5.14. The number of carbonyl (C=O) groups is 1. The van der Waals surface area contributed by atoms with Gasteiger partial charge in [-0.2, -0.15) is 0 Å². The van der Waals surface area contributed by atoms with Crippen LogP contribution in [0.3, 0.4) is 0 Å². The lowest BCUT2D eigenvalue weighted by Crippen LogP contribution is -2.12. The average Bonchev–Trinajstić information content (AvgIpc) is 2.76. The molecule has 19 heavy (non-hydrogen) atoms. The standard InChI is InChI=1S/C13H12INO3S/c1-9-8-19-12(11(9)14)13(16)18-6-5-17-10-3-2-4-15-7-10/h2-4,7-8H,5-6H2,1H3. The quantitative estimate of drug-likeness (QED) is 0.448. The van der Waals surface area contributed by atoms with Crippen molar-refractivity contribution in [1.29, 1.82) is 0 Å². The molecule has 0 fully saturated rings. The third-order valence-electron chi connectivity index (χ3n) is 2.30. The van der Waals surface area contributed by atoms with Crippen LogP contribution < -0.4 is 4.74 Å². The maximum absolute atomic E-state index is 11.8. The lowest BCUT2D eigenvalue weighted by Gasteiger charge is -2.06. The van der Waals surface area contributed by atoms with Gasteiger partial charge >= 0.3 is 5.97 Å². The smallest absolute Gasteiger partial charge is 0.349 e. The Labute approximate surface area is 128 Å². The number of hydrogen-bond donors (Lipinski definition) is 0. The van der Waals surface area contributed by atoms with Crippen LogP contribution in [0.5, 0.6) is 5.75 Å². The monoisotopic (exact) mass is 389 g/mol. The van der Waals surface area contributed by atoms with Gasteiger partial charge in [-0.25, -0.2) is 4.79 Å². The molecule has 2 aromatic rings. The summed E-state index contributed by atoms with van der Waals surface area (Å²) in [5, 5.41) is 1.95. The number of rotatable bonds is 5. The number of aromatic nitrogens is 1. The number of carbonyl (C=O) groups excluding carboxylic acids is 1. The molecule has 0 spiro atoms. The predicted octanol–water partition coefficient (Wildman–Crippen LogP) is 3.29. The van der Waals surface area contributed by atoms with Crippen LogP contribution >= 0.6 is 33.9 Å². The van der Waals surface area contributed by atoms with E-state index in [9.17, 15) is 4.79 Å². The van der Waals surface area contributed by atoms with Gasteiger partial charge in [-0.15, -0.1) is 11.3 Å². The van der Waals surface area contributed by atoms with Crippen molar-refractivity contribution in [2.45, 2.75) is 6.92 Å². The van der Waals surface area contributed by atoms with Crippen molar-refractivity contribution in [3.05, 3.63) is 43.9 Å². The summed E-state index contributed by atoms with van der Waals surface area (Å²) >= 11 is 3.56. The van der Waals surface area contributed by atoms with E-state index in [-0.39, 0.29) is 12.6 Å². The van der Waals surface area contributed by atoms with E-state index in [1.165, 1.54) is 11.3 Å².